The van der Waals surface area contributed by atoms with Crippen LogP contribution in [0.25, 0.3) is 0 Å². The summed E-state index contributed by atoms with van der Waals surface area (Å²) in [5.74, 6) is 6.37. The Kier molecular flexibility index (Phi) is 4.88. The zero-order valence-corrected chi connectivity index (χ0v) is 8.25. The molecule has 13 heavy (non-hydrogen) atoms. The van der Waals surface area contributed by atoms with Crippen molar-refractivity contribution in [2.24, 2.45) is 5.92 Å². The molecule has 0 heterocycles. The number of ether oxygens (including phenoxy) is 1. The van der Waals surface area contributed by atoms with E-state index in [0.29, 0.717) is 12.5 Å². The number of hydrogen-bond donors (Lipinski definition) is 1. The Morgan fingerprint density at radius 1 is 1.31 bits per heavy atom. The first-order chi connectivity index (χ1) is 6.34. The van der Waals surface area contributed by atoms with E-state index in [2.05, 4.69) is 11.8 Å². The SMILES string of the molecule is COCC#CC[C@@H]1CCCC[C@H]1O. The molecule has 0 radical (unpaired) electrons. The Hall–Kier alpha value is -0.520. The molecule has 2 heteroatoms. The van der Waals surface area contributed by atoms with Crippen LogP contribution in [0, 0.1) is 17.8 Å². The average molecular weight is 182 g/mol. The highest BCUT2D eigenvalue weighted by Crippen LogP contribution is 2.26. The zero-order chi connectivity index (χ0) is 9.52. The summed E-state index contributed by atoms with van der Waals surface area (Å²) in [4.78, 5) is 0. The largest absolute Gasteiger partial charge is 0.393 e. The van der Waals surface area contributed by atoms with Crippen LogP contribution >= 0.6 is 0 Å². The lowest BCUT2D eigenvalue weighted by molar-refractivity contribution is 0.0724. The lowest BCUT2D eigenvalue weighted by Gasteiger charge is -2.25. The first kappa shape index (κ1) is 10.6. The van der Waals surface area contributed by atoms with E-state index in [0.717, 1.165) is 19.3 Å². The van der Waals surface area contributed by atoms with Crippen LogP contribution in [0.1, 0.15) is 32.1 Å². The van der Waals surface area contributed by atoms with Crippen molar-refractivity contribution >= 4 is 0 Å². The molecule has 0 spiro atoms. The molecule has 2 atom stereocenters. The molecule has 0 aliphatic heterocycles. The van der Waals surface area contributed by atoms with Crippen LogP contribution < -0.4 is 0 Å². The van der Waals surface area contributed by atoms with Gasteiger partial charge in [0.1, 0.15) is 6.61 Å². The van der Waals surface area contributed by atoms with E-state index in [1.807, 2.05) is 0 Å². The van der Waals surface area contributed by atoms with Gasteiger partial charge in [0.15, 0.2) is 0 Å². The van der Waals surface area contributed by atoms with Crippen molar-refractivity contribution in [2.45, 2.75) is 38.2 Å². The minimum absolute atomic E-state index is 0.120. The molecule has 1 fully saturated rings. The molecule has 0 saturated heterocycles. The quantitative estimate of drug-likeness (QED) is 0.657. The van der Waals surface area contributed by atoms with Gasteiger partial charge in [0.05, 0.1) is 6.10 Å². The van der Waals surface area contributed by atoms with Crippen molar-refractivity contribution < 1.29 is 9.84 Å². The summed E-state index contributed by atoms with van der Waals surface area (Å²) in [5.41, 5.74) is 0. The molecule has 0 aromatic carbocycles. The second kappa shape index (κ2) is 6.01. The lowest BCUT2D eigenvalue weighted by atomic mass is 9.84. The standard InChI is InChI=1S/C11H18O2/c1-13-9-5-4-7-10-6-2-3-8-11(10)12/h10-12H,2-3,6-9H2,1H3/t10-,11+/m0/s1. The zero-order valence-electron chi connectivity index (χ0n) is 8.25. The molecule has 0 aromatic rings. The molecular weight excluding hydrogens is 164 g/mol. The van der Waals surface area contributed by atoms with Gasteiger partial charge in [-0.3, -0.25) is 0 Å². The van der Waals surface area contributed by atoms with Gasteiger partial charge in [-0.15, -0.1) is 5.92 Å². The highest BCUT2D eigenvalue weighted by molar-refractivity contribution is 5.01. The van der Waals surface area contributed by atoms with Crippen LogP contribution in [0.2, 0.25) is 0 Å². The third-order valence-electron chi connectivity index (χ3n) is 2.57. The summed E-state index contributed by atoms with van der Waals surface area (Å²) in [6.07, 6.45) is 5.20. The van der Waals surface area contributed by atoms with Gasteiger partial charge in [-0.05, 0) is 18.8 Å². The Bertz CT molecular complexity index is 190. The van der Waals surface area contributed by atoms with E-state index in [9.17, 15) is 5.11 Å². The van der Waals surface area contributed by atoms with Crippen molar-refractivity contribution in [3.63, 3.8) is 0 Å². The fraction of sp³-hybridized carbons (Fsp3) is 0.818. The van der Waals surface area contributed by atoms with Crippen molar-refractivity contribution in [3.8, 4) is 11.8 Å². The molecular formula is C11H18O2. The van der Waals surface area contributed by atoms with Crippen molar-refractivity contribution in [3.05, 3.63) is 0 Å². The maximum atomic E-state index is 9.63. The van der Waals surface area contributed by atoms with Crippen LogP contribution in [0.15, 0.2) is 0 Å². The highest BCUT2D eigenvalue weighted by Gasteiger charge is 2.21. The van der Waals surface area contributed by atoms with Gasteiger partial charge in [0, 0.05) is 13.5 Å². The van der Waals surface area contributed by atoms with Gasteiger partial charge >= 0.3 is 0 Å². The number of rotatable bonds is 2. The van der Waals surface area contributed by atoms with Gasteiger partial charge in [-0.1, -0.05) is 18.8 Å². The summed E-state index contributed by atoms with van der Waals surface area (Å²) in [5, 5.41) is 9.63. The van der Waals surface area contributed by atoms with E-state index in [1.165, 1.54) is 12.8 Å². The molecule has 0 bridgehead atoms. The van der Waals surface area contributed by atoms with E-state index in [1.54, 1.807) is 7.11 Å². The normalized spacial score (nSPS) is 27.8. The van der Waals surface area contributed by atoms with Crippen molar-refractivity contribution in [1.29, 1.82) is 0 Å². The van der Waals surface area contributed by atoms with Gasteiger partial charge in [-0.2, -0.15) is 0 Å². The number of aliphatic hydroxyl groups excluding tert-OH is 1. The Morgan fingerprint density at radius 3 is 2.77 bits per heavy atom. The van der Waals surface area contributed by atoms with Crippen LogP contribution in [0.5, 0.6) is 0 Å². The number of methoxy groups -OCH3 is 1. The summed E-state index contributed by atoms with van der Waals surface area (Å²) in [6, 6.07) is 0. The molecule has 2 nitrogen and oxygen atoms in total. The summed E-state index contributed by atoms with van der Waals surface area (Å²) in [6.45, 7) is 0.503. The predicted octanol–water partition coefficient (Wildman–Crippen LogP) is 1.58. The van der Waals surface area contributed by atoms with Crippen molar-refractivity contribution in [2.75, 3.05) is 13.7 Å². The summed E-state index contributed by atoms with van der Waals surface area (Å²) >= 11 is 0. The van der Waals surface area contributed by atoms with E-state index < -0.39 is 0 Å². The van der Waals surface area contributed by atoms with Crippen LogP contribution in [-0.4, -0.2) is 24.9 Å². The molecule has 0 aromatic heterocycles. The van der Waals surface area contributed by atoms with Gasteiger partial charge < -0.3 is 9.84 Å². The number of aliphatic hydroxyl groups is 1. The summed E-state index contributed by atoms with van der Waals surface area (Å²) in [7, 11) is 1.64. The van der Waals surface area contributed by atoms with E-state index >= 15 is 0 Å². The first-order valence-electron chi connectivity index (χ1n) is 4.97. The topological polar surface area (TPSA) is 29.5 Å². The molecule has 1 aliphatic carbocycles. The van der Waals surface area contributed by atoms with E-state index in [-0.39, 0.29) is 6.10 Å². The second-order valence-electron chi connectivity index (χ2n) is 3.60. The Balaban J connectivity index is 2.23. The highest BCUT2D eigenvalue weighted by atomic mass is 16.5. The third-order valence-corrected chi connectivity index (χ3v) is 2.57. The summed E-state index contributed by atoms with van der Waals surface area (Å²) < 4.78 is 4.82. The average Bonchev–Trinajstić information content (AvgIpc) is 2.15. The van der Waals surface area contributed by atoms with Crippen LogP contribution in [0.3, 0.4) is 0 Å². The lowest BCUT2D eigenvalue weighted by Crippen LogP contribution is -2.23. The monoisotopic (exact) mass is 182 g/mol. The molecule has 74 valence electrons. The molecule has 1 N–H and O–H groups in total. The van der Waals surface area contributed by atoms with Gasteiger partial charge in [0.2, 0.25) is 0 Å². The van der Waals surface area contributed by atoms with Crippen LogP contribution in [0.4, 0.5) is 0 Å². The Labute approximate surface area is 80.3 Å². The fourth-order valence-corrected chi connectivity index (χ4v) is 1.75. The minimum atomic E-state index is -0.120. The second-order valence-corrected chi connectivity index (χ2v) is 3.60. The maximum Gasteiger partial charge on any atom is 0.107 e. The minimum Gasteiger partial charge on any atom is -0.393 e. The van der Waals surface area contributed by atoms with E-state index in [4.69, 9.17) is 4.74 Å². The smallest absolute Gasteiger partial charge is 0.107 e. The Morgan fingerprint density at radius 2 is 2.08 bits per heavy atom. The molecule has 1 rings (SSSR count). The van der Waals surface area contributed by atoms with Crippen molar-refractivity contribution in [1.82, 2.24) is 0 Å². The molecule has 1 aliphatic rings. The molecule has 0 unspecified atom stereocenters. The first-order valence-corrected chi connectivity index (χ1v) is 4.97. The predicted molar refractivity (Wildman–Crippen MR) is 52.2 cm³/mol. The third kappa shape index (κ3) is 3.80. The number of hydrogen-bond acceptors (Lipinski definition) is 2. The molecule has 0 amide bonds. The van der Waals surface area contributed by atoms with Gasteiger partial charge in [-0.25, -0.2) is 0 Å². The van der Waals surface area contributed by atoms with Gasteiger partial charge in [0.25, 0.3) is 0 Å². The molecule has 1 saturated carbocycles. The fourth-order valence-electron chi connectivity index (χ4n) is 1.75. The maximum absolute atomic E-state index is 9.63. The van der Waals surface area contributed by atoms with Crippen LogP contribution in [-0.2, 0) is 4.74 Å².